The van der Waals surface area contributed by atoms with E-state index >= 15 is 0 Å². The van der Waals surface area contributed by atoms with Crippen molar-refractivity contribution >= 4 is 16.8 Å². The normalized spacial score (nSPS) is 12.0. The summed E-state index contributed by atoms with van der Waals surface area (Å²) in [7, 11) is 0. The van der Waals surface area contributed by atoms with Crippen LogP contribution in [0.1, 0.15) is 69.9 Å². The highest BCUT2D eigenvalue weighted by molar-refractivity contribution is 5.98. The minimum atomic E-state index is 0.152. The fourth-order valence-electron chi connectivity index (χ4n) is 3.55. The smallest absolute Gasteiger partial charge is 0.251 e. The van der Waals surface area contributed by atoms with Gasteiger partial charge in [0.05, 0.1) is 19.6 Å². The summed E-state index contributed by atoms with van der Waals surface area (Å²) in [4.78, 5) is 13.0. The third-order valence-electron chi connectivity index (χ3n) is 5.14. The van der Waals surface area contributed by atoms with Gasteiger partial charge in [-0.15, -0.1) is 0 Å². The Morgan fingerprint density at radius 1 is 0.920 bits per heavy atom. The van der Waals surface area contributed by atoms with E-state index in [9.17, 15) is 4.79 Å². The molecule has 2 aromatic rings. The minimum Gasteiger partial charge on any atom is -0.453 e. The first kappa shape index (κ1) is 19.7. The first-order chi connectivity index (χ1) is 12.1. The molecule has 0 unspecified atom stereocenters. The lowest BCUT2D eigenvalue weighted by Crippen LogP contribution is -2.53. The van der Waals surface area contributed by atoms with Gasteiger partial charge >= 0.3 is 0 Å². The lowest BCUT2D eigenvalue weighted by atomic mass is 10.1. The molecule has 0 aliphatic rings. The van der Waals surface area contributed by atoms with E-state index in [1.54, 1.807) is 0 Å². The quantitative estimate of drug-likeness (QED) is 0.358. The summed E-state index contributed by atoms with van der Waals surface area (Å²) < 4.78 is 6.75. The number of ketones is 1. The van der Waals surface area contributed by atoms with Crippen LogP contribution < -0.4 is 0 Å². The van der Waals surface area contributed by atoms with Crippen LogP contribution in [0.25, 0.3) is 11.0 Å². The van der Waals surface area contributed by atoms with Crippen LogP contribution >= 0.6 is 0 Å². The van der Waals surface area contributed by atoms with E-state index in [2.05, 4.69) is 20.8 Å². The molecule has 0 saturated heterocycles. The van der Waals surface area contributed by atoms with E-state index < -0.39 is 0 Å². The molecule has 0 fully saturated rings. The highest BCUT2D eigenvalue weighted by atomic mass is 16.3. The average Bonchev–Trinajstić information content (AvgIpc) is 3.07. The fraction of sp³-hybridized carbons (Fsp3) is 0.591. The predicted molar refractivity (Wildman–Crippen MR) is 105 cm³/mol. The third-order valence-corrected chi connectivity index (χ3v) is 5.14. The molecule has 0 N–H and O–H groups in total. The van der Waals surface area contributed by atoms with Gasteiger partial charge < -0.3 is 8.90 Å². The second kappa shape index (κ2) is 9.76. The number of benzene rings is 1. The van der Waals surface area contributed by atoms with E-state index in [0.717, 1.165) is 35.1 Å². The zero-order valence-electron chi connectivity index (χ0n) is 16.2. The van der Waals surface area contributed by atoms with Gasteiger partial charge in [0, 0.05) is 5.39 Å². The van der Waals surface area contributed by atoms with Crippen molar-refractivity contribution in [1.29, 1.82) is 0 Å². The summed E-state index contributed by atoms with van der Waals surface area (Å²) in [5, 5.41) is 1.01. The molecular weight excluding hydrogens is 310 g/mol. The molecule has 0 saturated carbocycles. The van der Waals surface area contributed by atoms with Crippen molar-refractivity contribution in [2.75, 3.05) is 26.2 Å². The number of quaternary nitrogens is 1. The van der Waals surface area contributed by atoms with Crippen molar-refractivity contribution in [2.45, 2.75) is 59.3 Å². The highest BCUT2D eigenvalue weighted by Gasteiger charge is 2.30. The Bertz CT molecular complexity index is 604. The standard InChI is InChI=1S/C22H34NO2/c1-4-7-14-23(15-8-5-2,16-9-6-3)18-20(24)22-17-19-12-10-11-13-21(19)25-22/h10-13,17H,4-9,14-16,18H2,1-3H3/q+1. The molecule has 3 nitrogen and oxygen atoms in total. The van der Waals surface area contributed by atoms with Crippen LogP contribution in [0.3, 0.4) is 0 Å². The van der Waals surface area contributed by atoms with Gasteiger partial charge in [0.25, 0.3) is 5.78 Å². The summed E-state index contributed by atoms with van der Waals surface area (Å²) in [6.07, 6.45) is 7.08. The van der Waals surface area contributed by atoms with Gasteiger partial charge in [-0.05, 0) is 31.4 Å². The molecule has 0 radical (unpaired) electrons. The zero-order chi connectivity index (χ0) is 18.1. The molecule has 3 heteroatoms. The summed E-state index contributed by atoms with van der Waals surface area (Å²) in [6.45, 7) is 10.6. The molecule has 1 heterocycles. The topological polar surface area (TPSA) is 30.2 Å². The van der Waals surface area contributed by atoms with E-state index in [-0.39, 0.29) is 5.78 Å². The first-order valence-corrected chi connectivity index (χ1v) is 10.0. The third kappa shape index (κ3) is 5.43. The van der Waals surface area contributed by atoms with Crippen molar-refractivity contribution in [1.82, 2.24) is 0 Å². The van der Waals surface area contributed by atoms with Gasteiger partial charge in [0.1, 0.15) is 12.1 Å². The van der Waals surface area contributed by atoms with Crippen molar-refractivity contribution in [2.24, 2.45) is 0 Å². The maximum absolute atomic E-state index is 13.0. The van der Waals surface area contributed by atoms with Crippen molar-refractivity contribution in [3.05, 3.63) is 36.1 Å². The number of carbonyl (C=O) groups excluding carboxylic acids is 1. The Morgan fingerprint density at radius 3 is 2.00 bits per heavy atom. The minimum absolute atomic E-state index is 0.152. The molecular formula is C22H34NO2+. The summed E-state index contributed by atoms with van der Waals surface area (Å²) in [5.74, 6) is 0.674. The number of Topliss-reactive ketones (excluding diaryl/α,β-unsaturated/α-hetero) is 1. The van der Waals surface area contributed by atoms with Crippen molar-refractivity contribution in [3.8, 4) is 0 Å². The van der Waals surface area contributed by atoms with Crippen LogP contribution in [0.4, 0.5) is 0 Å². The Labute approximate surface area is 152 Å². The Balaban J connectivity index is 2.20. The van der Waals surface area contributed by atoms with Gasteiger partial charge in [0.2, 0.25) is 0 Å². The van der Waals surface area contributed by atoms with Crippen LogP contribution in [0.5, 0.6) is 0 Å². The number of para-hydroxylation sites is 1. The second-order valence-corrected chi connectivity index (χ2v) is 7.30. The molecule has 0 aliphatic heterocycles. The average molecular weight is 345 g/mol. The molecule has 0 spiro atoms. The van der Waals surface area contributed by atoms with Crippen LogP contribution in [0, 0.1) is 0 Å². The van der Waals surface area contributed by atoms with Crippen molar-refractivity contribution < 1.29 is 13.7 Å². The van der Waals surface area contributed by atoms with E-state index in [0.29, 0.717) is 12.3 Å². The Hall–Kier alpha value is -1.61. The summed E-state index contributed by atoms with van der Waals surface area (Å²) in [6, 6.07) is 9.77. The molecule has 138 valence electrons. The van der Waals surface area contributed by atoms with Gasteiger partial charge in [0.15, 0.2) is 5.76 Å². The zero-order valence-corrected chi connectivity index (χ0v) is 16.2. The number of fused-ring (bicyclic) bond motifs is 1. The Kier molecular flexibility index (Phi) is 7.70. The van der Waals surface area contributed by atoms with Crippen LogP contribution in [0.2, 0.25) is 0 Å². The van der Waals surface area contributed by atoms with Gasteiger partial charge in [-0.1, -0.05) is 58.2 Å². The number of carbonyl (C=O) groups is 1. The van der Waals surface area contributed by atoms with E-state index in [1.165, 1.54) is 38.5 Å². The number of hydrogen-bond acceptors (Lipinski definition) is 2. The summed E-state index contributed by atoms with van der Waals surface area (Å²) in [5.41, 5.74) is 0.805. The number of furan rings is 1. The predicted octanol–water partition coefficient (Wildman–Crippen LogP) is 5.83. The Morgan fingerprint density at radius 2 is 1.48 bits per heavy atom. The molecule has 0 amide bonds. The fourth-order valence-corrected chi connectivity index (χ4v) is 3.55. The lowest BCUT2D eigenvalue weighted by molar-refractivity contribution is -0.921. The van der Waals surface area contributed by atoms with Gasteiger partial charge in [-0.2, -0.15) is 0 Å². The maximum atomic E-state index is 13.0. The molecule has 0 bridgehead atoms. The van der Waals surface area contributed by atoms with Crippen LogP contribution in [-0.2, 0) is 0 Å². The highest BCUT2D eigenvalue weighted by Crippen LogP contribution is 2.22. The number of rotatable bonds is 12. The molecule has 1 aromatic carbocycles. The van der Waals surface area contributed by atoms with Crippen LogP contribution in [-0.4, -0.2) is 36.4 Å². The molecule has 0 atom stereocenters. The van der Waals surface area contributed by atoms with Crippen molar-refractivity contribution in [3.63, 3.8) is 0 Å². The molecule has 1 aromatic heterocycles. The van der Waals surface area contributed by atoms with E-state index in [4.69, 9.17) is 4.42 Å². The molecule has 2 rings (SSSR count). The van der Waals surface area contributed by atoms with Gasteiger partial charge in [-0.25, -0.2) is 0 Å². The molecule has 0 aliphatic carbocycles. The first-order valence-electron chi connectivity index (χ1n) is 10.0. The summed E-state index contributed by atoms with van der Waals surface area (Å²) >= 11 is 0. The largest absolute Gasteiger partial charge is 0.453 e. The SMILES string of the molecule is CCCC[N+](CCCC)(CCCC)CC(=O)c1cc2ccccc2o1. The number of unbranched alkanes of at least 4 members (excludes halogenated alkanes) is 3. The monoisotopic (exact) mass is 344 g/mol. The second-order valence-electron chi connectivity index (χ2n) is 7.30. The van der Waals surface area contributed by atoms with Gasteiger partial charge in [-0.3, -0.25) is 4.79 Å². The number of hydrogen-bond donors (Lipinski definition) is 0. The van der Waals surface area contributed by atoms with Crippen LogP contribution in [0.15, 0.2) is 34.7 Å². The number of nitrogens with zero attached hydrogens (tertiary/aromatic N) is 1. The molecule has 25 heavy (non-hydrogen) atoms. The van der Waals surface area contributed by atoms with E-state index in [1.807, 2.05) is 30.3 Å². The lowest BCUT2D eigenvalue weighted by Gasteiger charge is -2.38. The maximum Gasteiger partial charge on any atom is 0.251 e.